The van der Waals surface area contributed by atoms with E-state index in [9.17, 15) is 4.79 Å². The Morgan fingerprint density at radius 2 is 1.80 bits per heavy atom. The Kier molecular flexibility index (Phi) is 5.20. The molecule has 1 heterocycles. The molecule has 0 saturated heterocycles. The zero-order valence-electron chi connectivity index (χ0n) is 13.9. The number of hydrogen-bond acceptors (Lipinski definition) is 5. The van der Waals surface area contributed by atoms with Crippen LogP contribution in [0.15, 0.2) is 54.6 Å². The fourth-order valence-electron chi connectivity index (χ4n) is 2.12. The maximum absolute atomic E-state index is 12.0. The number of carbonyl (C=O) groups excluding carboxylic acids is 1. The van der Waals surface area contributed by atoms with E-state index in [0.29, 0.717) is 5.13 Å². The average molecular weight is 351 g/mol. The molecule has 0 fully saturated rings. The molecule has 0 aliphatic heterocycles. The first kappa shape index (κ1) is 16.9. The molecule has 2 aromatic carbocycles. The van der Waals surface area contributed by atoms with Gasteiger partial charge in [-0.15, -0.1) is 10.2 Å². The molecule has 3 rings (SSSR count). The maximum Gasteiger partial charge on any atom is 0.250 e. The smallest absolute Gasteiger partial charge is 0.250 e. The summed E-state index contributed by atoms with van der Waals surface area (Å²) >= 11 is 1.34. The number of aryl methyl sites for hydroxylation is 1. The number of benzene rings is 2. The molecule has 0 aliphatic carbocycles. The summed E-state index contributed by atoms with van der Waals surface area (Å²) < 4.78 is 5.10. The molecular weight excluding hydrogens is 334 g/mol. The molecule has 0 unspecified atom stereocenters. The van der Waals surface area contributed by atoms with Crippen molar-refractivity contribution in [1.82, 2.24) is 10.2 Å². The van der Waals surface area contributed by atoms with Crippen LogP contribution in [0.4, 0.5) is 5.13 Å². The lowest BCUT2D eigenvalue weighted by atomic mass is 10.2. The van der Waals surface area contributed by atoms with Gasteiger partial charge in [0.15, 0.2) is 0 Å². The Bertz CT molecular complexity index is 884. The van der Waals surface area contributed by atoms with Gasteiger partial charge in [-0.05, 0) is 30.7 Å². The molecular formula is C19H17N3O2S. The summed E-state index contributed by atoms with van der Waals surface area (Å²) in [6.07, 6.45) is 3.20. The van der Waals surface area contributed by atoms with Crippen molar-refractivity contribution in [3.8, 4) is 16.3 Å². The van der Waals surface area contributed by atoms with Crippen molar-refractivity contribution in [2.75, 3.05) is 12.4 Å². The topological polar surface area (TPSA) is 64.1 Å². The van der Waals surface area contributed by atoms with Gasteiger partial charge in [0, 0.05) is 11.6 Å². The first-order valence-electron chi connectivity index (χ1n) is 7.68. The van der Waals surface area contributed by atoms with Crippen molar-refractivity contribution in [3.05, 3.63) is 65.7 Å². The van der Waals surface area contributed by atoms with Gasteiger partial charge in [0.05, 0.1) is 7.11 Å². The van der Waals surface area contributed by atoms with Crippen LogP contribution in [0.3, 0.4) is 0 Å². The lowest BCUT2D eigenvalue weighted by molar-refractivity contribution is -0.111. The third kappa shape index (κ3) is 4.51. The number of amides is 1. The molecule has 3 aromatic rings. The minimum absolute atomic E-state index is 0.248. The minimum atomic E-state index is -0.248. The van der Waals surface area contributed by atoms with Crippen LogP contribution < -0.4 is 10.1 Å². The highest BCUT2D eigenvalue weighted by molar-refractivity contribution is 7.18. The van der Waals surface area contributed by atoms with Crippen LogP contribution in [-0.4, -0.2) is 23.2 Å². The number of carbonyl (C=O) groups is 1. The molecule has 25 heavy (non-hydrogen) atoms. The van der Waals surface area contributed by atoms with E-state index in [0.717, 1.165) is 21.9 Å². The van der Waals surface area contributed by atoms with Crippen molar-refractivity contribution in [1.29, 1.82) is 0 Å². The van der Waals surface area contributed by atoms with Crippen LogP contribution in [-0.2, 0) is 4.79 Å². The molecule has 0 atom stereocenters. The van der Waals surface area contributed by atoms with Crippen molar-refractivity contribution >= 4 is 28.5 Å². The quantitative estimate of drug-likeness (QED) is 0.701. The monoisotopic (exact) mass is 351 g/mol. The molecule has 1 N–H and O–H groups in total. The van der Waals surface area contributed by atoms with Crippen LogP contribution in [0.2, 0.25) is 0 Å². The number of nitrogens with zero attached hydrogens (tertiary/aromatic N) is 2. The molecule has 1 amide bonds. The van der Waals surface area contributed by atoms with Crippen molar-refractivity contribution in [2.24, 2.45) is 0 Å². The third-order valence-electron chi connectivity index (χ3n) is 3.50. The first-order chi connectivity index (χ1) is 12.1. The van der Waals surface area contributed by atoms with Crippen LogP contribution in [0.25, 0.3) is 16.6 Å². The zero-order valence-corrected chi connectivity index (χ0v) is 14.7. The van der Waals surface area contributed by atoms with E-state index in [1.807, 2.05) is 55.5 Å². The van der Waals surface area contributed by atoms with Crippen LogP contribution in [0.5, 0.6) is 5.75 Å². The summed E-state index contributed by atoms with van der Waals surface area (Å²) in [6, 6.07) is 15.5. The van der Waals surface area contributed by atoms with Crippen molar-refractivity contribution in [2.45, 2.75) is 6.92 Å². The summed E-state index contributed by atoms with van der Waals surface area (Å²) in [7, 11) is 1.62. The Labute approximate surface area is 150 Å². The highest BCUT2D eigenvalue weighted by atomic mass is 32.1. The maximum atomic E-state index is 12.0. The Morgan fingerprint density at radius 3 is 2.48 bits per heavy atom. The van der Waals surface area contributed by atoms with Gasteiger partial charge in [0.1, 0.15) is 10.8 Å². The van der Waals surface area contributed by atoms with Gasteiger partial charge in [-0.3, -0.25) is 10.1 Å². The van der Waals surface area contributed by atoms with Crippen LogP contribution >= 0.6 is 11.3 Å². The molecule has 0 radical (unpaired) electrons. The largest absolute Gasteiger partial charge is 0.497 e. The Morgan fingerprint density at radius 1 is 1.08 bits per heavy atom. The zero-order chi connectivity index (χ0) is 17.6. The number of anilines is 1. The molecule has 126 valence electrons. The van der Waals surface area contributed by atoms with E-state index in [1.54, 1.807) is 13.2 Å². The third-order valence-corrected chi connectivity index (χ3v) is 4.38. The lowest BCUT2D eigenvalue weighted by Gasteiger charge is -1.99. The summed E-state index contributed by atoms with van der Waals surface area (Å²) in [4.78, 5) is 12.0. The normalized spacial score (nSPS) is 10.8. The predicted molar refractivity (Wildman–Crippen MR) is 101 cm³/mol. The summed E-state index contributed by atoms with van der Waals surface area (Å²) in [5, 5.41) is 12.1. The van der Waals surface area contributed by atoms with Crippen molar-refractivity contribution in [3.63, 3.8) is 0 Å². The molecule has 0 saturated carbocycles. The minimum Gasteiger partial charge on any atom is -0.497 e. The molecule has 1 aromatic heterocycles. The van der Waals surface area contributed by atoms with Gasteiger partial charge in [-0.2, -0.15) is 0 Å². The fourth-order valence-corrected chi connectivity index (χ4v) is 2.87. The average Bonchev–Trinajstić information content (AvgIpc) is 3.09. The molecule has 6 heteroatoms. The van der Waals surface area contributed by atoms with Crippen molar-refractivity contribution < 1.29 is 9.53 Å². The highest BCUT2D eigenvalue weighted by Crippen LogP contribution is 2.26. The van der Waals surface area contributed by atoms with Gasteiger partial charge in [-0.25, -0.2) is 0 Å². The molecule has 0 spiro atoms. The first-order valence-corrected chi connectivity index (χ1v) is 8.49. The van der Waals surface area contributed by atoms with E-state index in [1.165, 1.54) is 23.0 Å². The van der Waals surface area contributed by atoms with Crippen LogP contribution in [0, 0.1) is 6.92 Å². The summed E-state index contributed by atoms with van der Waals surface area (Å²) in [5.41, 5.74) is 3.08. The Balaban J connectivity index is 1.63. The molecule has 0 aliphatic rings. The van der Waals surface area contributed by atoms with Gasteiger partial charge in [-0.1, -0.05) is 53.3 Å². The fraction of sp³-hybridized carbons (Fsp3) is 0.105. The molecule has 0 bridgehead atoms. The number of aromatic nitrogens is 2. The van der Waals surface area contributed by atoms with Gasteiger partial charge in [0.25, 0.3) is 0 Å². The number of rotatable bonds is 5. The number of ether oxygens (including phenoxy) is 1. The summed E-state index contributed by atoms with van der Waals surface area (Å²) in [6.45, 7) is 2.03. The highest BCUT2D eigenvalue weighted by Gasteiger charge is 2.08. The van der Waals surface area contributed by atoms with Gasteiger partial charge in [0.2, 0.25) is 11.0 Å². The Hall–Kier alpha value is -2.99. The van der Waals surface area contributed by atoms with Crippen LogP contribution in [0.1, 0.15) is 11.1 Å². The standard InChI is InChI=1S/C19H17N3O2S/c1-13-3-8-15(9-4-13)18-21-22-19(25-18)20-17(23)12-7-14-5-10-16(24-2)11-6-14/h3-12H,1-2H3,(H,20,22,23)/b12-7+. The number of hydrogen-bond donors (Lipinski definition) is 1. The second kappa shape index (κ2) is 7.72. The van der Waals surface area contributed by atoms with E-state index in [2.05, 4.69) is 15.5 Å². The summed E-state index contributed by atoms with van der Waals surface area (Å²) in [5.74, 6) is 0.529. The number of methoxy groups -OCH3 is 1. The van der Waals surface area contributed by atoms with Gasteiger partial charge < -0.3 is 4.74 Å². The second-order valence-corrected chi connectivity index (χ2v) is 6.35. The van der Waals surface area contributed by atoms with E-state index < -0.39 is 0 Å². The van der Waals surface area contributed by atoms with E-state index >= 15 is 0 Å². The van der Waals surface area contributed by atoms with E-state index in [4.69, 9.17) is 4.74 Å². The SMILES string of the molecule is COc1ccc(/C=C/C(=O)Nc2nnc(-c3ccc(C)cc3)s2)cc1. The van der Waals surface area contributed by atoms with Gasteiger partial charge >= 0.3 is 0 Å². The molecule has 5 nitrogen and oxygen atoms in total. The lowest BCUT2D eigenvalue weighted by Crippen LogP contribution is -2.07. The second-order valence-electron chi connectivity index (χ2n) is 5.37. The number of nitrogens with one attached hydrogen (secondary N) is 1. The predicted octanol–water partition coefficient (Wildman–Crippen LogP) is 4.17. The van der Waals surface area contributed by atoms with E-state index in [-0.39, 0.29) is 5.91 Å².